The molecule has 1 aliphatic heterocycles. The Morgan fingerprint density at radius 1 is 1.08 bits per heavy atom. The Bertz CT molecular complexity index is 913. The molecule has 1 aliphatic rings. The first-order valence-electron chi connectivity index (χ1n) is 7.49. The van der Waals surface area contributed by atoms with Crippen LogP contribution in [0.1, 0.15) is 5.56 Å². The number of amides is 3. The third-order valence-electron chi connectivity index (χ3n) is 3.50. The van der Waals surface area contributed by atoms with E-state index in [1.54, 1.807) is 54.6 Å². The van der Waals surface area contributed by atoms with E-state index in [-0.39, 0.29) is 11.4 Å². The van der Waals surface area contributed by atoms with Gasteiger partial charge in [0.15, 0.2) is 0 Å². The second-order valence-corrected chi connectivity index (χ2v) is 7.18. The Kier molecular flexibility index (Phi) is 5.66. The van der Waals surface area contributed by atoms with Crippen molar-refractivity contribution in [3.05, 3.63) is 69.0 Å². The summed E-state index contributed by atoms with van der Waals surface area (Å²) in [5, 5.41) is 3.13. The molecular weight excluding hydrogens is 395 g/mol. The molecule has 132 valence electrons. The second kappa shape index (κ2) is 7.95. The highest BCUT2D eigenvalue weighted by Gasteiger charge is 2.36. The van der Waals surface area contributed by atoms with Gasteiger partial charge in [-0.15, -0.1) is 0 Å². The zero-order chi connectivity index (χ0) is 18.7. The van der Waals surface area contributed by atoms with Crippen LogP contribution in [0.5, 0.6) is 0 Å². The lowest BCUT2D eigenvalue weighted by Crippen LogP contribution is -2.36. The number of benzene rings is 2. The summed E-state index contributed by atoms with van der Waals surface area (Å²) in [6.45, 7) is -0.368. The van der Waals surface area contributed by atoms with Crippen molar-refractivity contribution in [2.24, 2.45) is 0 Å². The number of carbonyl (C=O) groups is 3. The van der Waals surface area contributed by atoms with Crippen LogP contribution < -0.4 is 5.32 Å². The molecule has 2 aromatic rings. The van der Waals surface area contributed by atoms with E-state index in [1.165, 1.54) is 0 Å². The van der Waals surface area contributed by atoms with Gasteiger partial charge in [0.25, 0.3) is 11.1 Å². The van der Waals surface area contributed by atoms with Gasteiger partial charge in [0.05, 0.1) is 4.91 Å². The minimum Gasteiger partial charge on any atom is -0.325 e. The Hall–Kier alpha value is -2.28. The predicted molar refractivity (Wildman–Crippen MR) is 104 cm³/mol. The predicted octanol–water partition coefficient (Wildman–Crippen LogP) is 4.67. The van der Waals surface area contributed by atoms with Gasteiger partial charge in [-0.05, 0) is 53.7 Å². The van der Waals surface area contributed by atoms with Crippen molar-refractivity contribution in [2.75, 3.05) is 11.9 Å². The van der Waals surface area contributed by atoms with Crippen molar-refractivity contribution in [1.82, 2.24) is 4.90 Å². The molecule has 2 aromatic carbocycles. The van der Waals surface area contributed by atoms with Crippen LogP contribution in [0, 0.1) is 0 Å². The SMILES string of the molecule is O=C(CN1C(=O)S/C(=C/c2ccccc2Cl)C1=O)Nc1ccc(Cl)cc1. The second-order valence-electron chi connectivity index (χ2n) is 5.34. The van der Waals surface area contributed by atoms with Gasteiger partial charge in [0, 0.05) is 15.7 Å². The molecule has 3 amide bonds. The zero-order valence-electron chi connectivity index (χ0n) is 13.2. The van der Waals surface area contributed by atoms with Crippen LogP contribution in [0.15, 0.2) is 53.4 Å². The summed E-state index contributed by atoms with van der Waals surface area (Å²) in [6, 6.07) is 13.5. The standard InChI is InChI=1S/C18H12Cl2N2O3S/c19-12-5-7-13(8-6-12)21-16(23)10-22-17(24)15(26-18(22)25)9-11-3-1-2-4-14(11)20/h1-9H,10H2,(H,21,23)/b15-9+. The average molecular weight is 407 g/mol. The van der Waals surface area contributed by atoms with E-state index in [1.807, 2.05) is 0 Å². The van der Waals surface area contributed by atoms with Crippen molar-refractivity contribution in [1.29, 1.82) is 0 Å². The van der Waals surface area contributed by atoms with E-state index in [0.717, 1.165) is 16.7 Å². The number of halogens is 2. The Morgan fingerprint density at radius 3 is 2.46 bits per heavy atom. The largest absolute Gasteiger partial charge is 0.325 e. The lowest BCUT2D eigenvalue weighted by molar-refractivity contribution is -0.127. The molecule has 0 unspecified atom stereocenters. The fourth-order valence-corrected chi connectivity index (χ4v) is 3.39. The van der Waals surface area contributed by atoms with E-state index in [4.69, 9.17) is 23.2 Å². The number of hydrogen-bond donors (Lipinski definition) is 1. The van der Waals surface area contributed by atoms with Crippen LogP contribution >= 0.6 is 35.0 Å². The summed E-state index contributed by atoms with van der Waals surface area (Å²) in [5.74, 6) is -1.00. The van der Waals surface area contributed by atoms with Crippen LogP contribution in [0.3, 0.4) is 0 Å². The topological polar surface area (TPSA) is 66.5 Å². The van der Waals surface area contributed by atoms with Crippen molar-refractivity contribution < 1.29 is 14.4 Å². The van der Waals surface area contributed by atoms with Crippen LogP contribution in [-0.4, -0.2) is 28.5 Å². The van der Waals surface area contributed by atoms with Gasteiger partial charge in [0.2, 0.25) is 5.91 Å². The first-order valence-corrected chi connectivity index (χ1v) is 9.06. The molecule has 3 rings (SSSR count). The van der Waals surface area contributed by atoms with E-state index < -0.39 is 17.1 Å². The maximum Gasteiger partial charge on any atom is 0.294 e. The molecule has 1 fully saturated rings. The summed E-state index contributed by atoms with van der Waals surface area (Å²) in [7, 11) is 0. The Labute approximate surface area is 164 Å². The van der Waals surface area contributed by atoms with E-state index in [0.29, 0.717) is 21.3 Å². The molecule has 1 saturated heterocycles. The third kappa shape index (κ3) is 4.27. The summed E-state index contributed by atoms with van der Waals surface area (Å²) in [4.78, 5) is 37.8. The molecule has 8 heteroatoms. The van der Waals surface area contributed by atoms with Gasteiger partial charge < -0.3 is 5.32 Å². The molecule has 0 spiro atoms. The fourth-order valence-electron chi connectivity index (χ4n) is 2.25. The summed E-state index contributed by atoms with van der Waals surface area (Å²) >= 11 is 12.6. The molecular formula is C18H12Cl2N2O3S. The fraction of sp³-hybridized carbons (Fsp3) is 0.0556. The average Bonchev–Trinajstić information content (AvgIpc) is 2.86. The normalized spacial score (nSPS) is 15.6. The lowest BCUT2D eigenvalue weighted by Gasteiger charge is -2.12. The number of nitrogens with one attached hydrogen (secondary N) is 1. The number of nitrogens with zero attached hydrogens (tertiary/aromatic N) is 1. The number of hydrogen-bond acceptors (Lipinski definition) is 4. The molecule has 0 bridgehead atoms. The highest BCUT2D eigenvalue weighted by Crippen LogP contribution is 2.33. The van der Waals surface area contributed by atoms with Gasteiger partial charge in [-0.25, -0.2) is 0 Å². The number of anilines is 1. The third-order valence-corrected chi connectivity index (χ3v) is 5.00. The van der Waals surface area contributed by atoms with Crippen molar-refractivity contribution in [3.63, 3.8) is 0 Å². The van der Waals surface area contributed by atoms with Crippen LogP contribution in [-0.2, 0) is 9.59 Å². The quantitative estimate of drug-likeness (QED) is 0.749. The monoisotopic (exact) mass is 406 g/mol. The molecule has 0 radical (unpaired) electrons. The van der Waals surface area contributed by atoms with Gasteiger partial charge in [-0.3, -0.25) is 19.3 Å². The summed E-state index contributed by atoms with van der Waals surface area (Å²) < 4.78 is 0. The maximum absolute atomic E-state index is 12.4. The van der Waals surface area contributed by atoms with Crippen LogP contribution in [0.4, 0.5) is 10.5 Å². The molecule has 1 heterocycles. The smallest absolute Gasteiger partial charge is 0.294 e. The van der Waals surface area contributed by atoms with Crippen molar-refractivity contribution in [2.45, 2.75) is 0 Å². The molecule has 5 nitrogen and oxygen atoms in total. The number of rotatable bonds is 4. The molecule has 0 aromatic heterocycles. The highest BCUT2D eigenvalue weighted by molar-refractivity contribution is 8.18. The van der Waals surface area contributed by atoms with Crippen molar-refractivity contribution in [3.8, 4) is 0 Å². The maximum atomic E-state index is 12.4. The number of imide groups is 1. The molecule has 0 saturated carbocycles. The number of thioether (sulfide) groups is 1. The van der Waals surface area contributed by atoms with Gasteiger partial charge >= 0.3 is 0 Å². The minimum absolute atomic E-state index is 0.224. The first-order chi connectivity index (χ1) is 12.4. The first kappa shape index (κ1) is 18.5. The van der Waals surface area contributed by atoms with Gasteiger partial charge in [0.1, 0.15) is 6.54 Å². The summed E-state index contributed by atoms with van der Waals surface area (Å²) in [5.41, 5.74) is 1.16. The van der Waals surface area contributed by atoms with Crippen LogP contribution in [0.25, 0.3) is 6.08 Å². The summed E-state index contributed by atoms with van der Waals surface area (Å²) in [6.07, 6.45) is 1.55. The van der Waals surface area contributed by atoms with Gasteiger partial charge in [-0.1, -0.05) is 41.4 Å². The van der Waals surface area contributed by atoms with E-state index >= 15 is 0 Å². The zero-order valence-corrected chi connectivity index (χ0v) is 15.6. The van der Waals surface area contributed by atoms with Crippen molar-refractivity contribution >= 4 is 63.8 Å². The molecule has 0 atom stereocenters. The highest BCUT2D eigenvalue weighted by atomic mass is 35.5. The van der Waals surface area contributed by atoms with E-state index in [2.05, 4.69) is 5.32 Å². The van der Waals surface area contributed by atoms with E-state index in [9.17, 15) is 14.4 Å². The number of carbonyl (C=O) groups excluding carboxylic acids is 3. The van der Waals surface area contributed by atoms with Gasteiger partial charge in [-0.2, -0.15) is 0 Å². The Morgan fingerprint density at radius 2 is 1.77 bits per heavy atom. The van der Waals surface area contributed by atoms with Crippen LogP contribution in [0.2, 0.25) is 10.0 Å². The Balaban J connectivity index is 1.70. The minimum atomic E-state index is -0.522. The molecule has 1 N–H and O–H groups in total. The molecule has 26 heavy (non-hydrogen) atoms. The lowest BCUT2D eigenvalue weighted by atomic mass is 10.2. The molecule has 0 aliphatic carbocycles.